The molecule has 82 valence electrons. The number of rotatable bonds is 4. The molecule has 0 radical (unpaired) electrons. The zero-order chi connectivity index (χ0) is 11.5. The monoisotopic (exact) mass is 210 g/mol. The zero-order valence-electron chi connectivity index (χ0n) is 9.02. The molecule has 5 nitrogen and oxygen atoms in total. The first-order chi connectivity index (χ1) is 6.97. The highest BCUT2D eigenvalue weighted by atomic mass is 16.5. The third kappa shape index (κ3) is 2.65. The molecule has 0 unspecified atom stereocenters. The quantitative estimate of drug-likeness (QED) is 0.809. The number of carboxylic acids is 1. The maximum atomic E-state index is 10.7. The minimum Gasteiger partial charge on any atom is -0.481 e. The number of hydrogen-bond acceptors (Lipinski definition) is 4. The van der Waals surface area contributed by atoms with Crippen LogP contribution in [0, 0.1) is 0 Å². The highest BCUT2D eigenvalue weighted by Gasteiger charge is 2.29. The fourth-order valence-electron chi connectivity index (χ4n) is 1.40. The van der Waals surface area contributed by atoms with E-state index in [0.29, 0.717) is 11.6 Å². The summed E-state index contributed by atoms with van der Waals surface area (Å²) in [7, 11) is 1.49. The Morgan fingerprint density at radius 3 is 2.60 bits per heavy atom. The Morgan fingerprint density at radius 1 is 1.47 bits per heavy atom. The van der Waals surface area contributed by atoms with Crippen LogP contribution in [-0.2, 0) is 10.2 Å². The van der Waals surface area contributed by atoms with Crippen LogP contribution < -0.4 is 4.74 Å². The van der Waals surface area contributed by atoms with E-state index in [-0.39, 0.29) is 6.42 Å². The summed E-state index contributed by atoms with van der Waals surface area (Å²) in [5.74, 6) is -0.489. The van der Waals surface area contributed by atoms with Gasteiger partial charge < -0.3 is 9.84 Å². The van der Waals surface area contributed by atoms with Crippen molar-refractivity contribution in [2.75, 3.05) is 7.11 Å². The number of methoxy groups -OCH3 is 1. The third-order valence-corrected chi connectivity index (χ3v) is 2.09. The minimum absolute atomic E-state index is 0.0119. The van der Waals surface area contributed by atoms with Crippen LogP contribution in [0.4, 0.5) is 0 Å². The van der Waals surface area contributed by atoms with Crippen molar-refractivity contribution in [1.29, 1.82) is 0 Å². The first-order valence-electron chi connectivity index (χ1n) is 4.54. The Labute approximate surface area is 88.1 Å². The van der Waals surface area contributed by atoms with Gasteiger partial charge in [-0.05, 0) is 0 Å². The van der Waals surface area contributed by atoms with Gasteiger partial charge in [0, 0.05) is 17.8 Å². The van der Waals surface area contributed by atoms with Gasteiger partial charge in [0.25, 0.3) is 0 Å². The van der Waals surface area contributed by atoms with Gasteiger partial charge in [0.2, 0.25) is 5.88 Å². The highest BCUT2D eigenvalue weighted by Crippen LogP contribution is 2.30. The van der Waals surface area contributed by atoms with E-state index in [1.54, 1.807) is 13.8 Å². The molecule has 0 aliphatic heterocycles. The van der Waals surface area contributed by atoms with Crippen LogP contribution in [-0.4, -0.2) is 28.2 Å². The van der Waals surface area contributed by atoms with Crippen molar-refractivity contribution in [3.8, 4) is 5.88 Å². The number of ether oxygens (including phenoxy) is 1. The maximum Gasteiger partial charge on any atom is 0.304 e. The molecule has 0 saturated heterocycles. The van der Waals surface area contributed by atoms with Crippen LogP contribution in [0.15, 0.2) is 12.4 Å². The lowest BCUT2D eigenvalue weighted by molar-refractivity contribution is -0.138. The van der Waals surface area contributed by atoms with Crippen LogP contribution in [0.25, 0.3) is 0 Å². The van der Waals surface area contributed by atoms with Gasteiger partial charge in [-0.25, -0.2) is 4.98 Å². The Balaban J connectivity index is 3.07. The van der Waals surface area contributed by atoms with Crippen molar-refractivity contribution in [2.24, 2.45) is 0 Å². The van der Waals surface area contributed by atoms with Crippen molar-refractivity contribution in [3.63, 3.8) is 0 Å². The number of carbonyl (C=O) groups is 1. The first-order valence-corrected chi connectivity index (χ1v) is 4.54. The molecule has 15 heavy (non-hydrogen) atoms. The topological polar surface area (TPSA) is 72.3 Å². The Hall–Kier alpha value is -1.65. The maximum absolute atomic E-state index is 10.7. The molecular formula is C10H14N2O3. The molecule has 1 aromatic heterocycles. The summed E-state index contributed by atoms with van der Waals surface area (Å²) in [6.07, 6.45) is 3.03. The largest absolute Gasteiger partial charge is 0.481 e. The number of nitrogens with zero attached hydrogens (tertiary/aromatic N) is 2. The van der Waals surface area contributed by atoms with Gasteiger partial charge in [0.05, 0.1) is 13.5 Å². The lowest BCUT2D eigenvalue weighted by atomic mass is 9.85. The molecule has 0 aromatic carbocycles. The van der Waals surface area contributed by atoms with Gasteiger partial charge in [0.15, 0.2) is 0 Å². The van der Waals surface area contributed by atoms with E-state index in [1.165, 1.54) is 19.5 Å². The molecule has 0 bridgehead atoms. The van der Waals surface area contributed by atoms with Gasteiger partial charge in [-0.3, -0.25) is 9.78 Å². The van der Waals surface area contributed by atoms with E-state index >= 15 is 0 Å². The zero-order valence-corrected chi connectivity index (χ0v) is 9.02. The van der Waals surface area contributed by atoms with Crippen molar-refractivity contribution in [2.45, 2.75) is 25.7 Å². The van der Waals surface area contributed by atoms with E-state index in [9.17, 15) is 4.79 Å². The number of aliphatic carboxylic acids is 1. The summed E-state index contributed by atoms with van der Waals surface area (Å²) in [6.45, 7) is 3.60. The molecule has 0 atom stereocenters. The minimum atomic E-state index is -0.868. The number of aromatic nitrogens is 2. The van der Waals surface area contributed by atoms with Crippen LogP contribution >= 0.6 is 0 Å². The molecule has 1 N–H and O–H groups in total. The van der Waals surface area contributed by atoms with Crippen LogP contribution in [0.3, 0.4) is 0 Å². The predicted molar refractivity (Wildman–Crippen MR) is 53.9 cm³/mol. The average Bonchev–Trinajstić information content (AvgIpc) is 2.16. The first kappa shape index (κ1) is 11.4. The van der Waals surface area contributed by atoms with E-state index < -0.39 is 11.4 Å². The molecule has 1 heterocycles. The molecule has 1 rings (SSSR count). The lowest BCUT2D eigenvalue weighted by Crippen LogP contribution is -2.24. The van der Waals surface area contributed by atoms with Gasteiger partial charge in [-0.1, -0.05) is 13.8 Å². The van der Waals surface area contributed by atoms with Crippen LogP contribution in [0.2, 0.25) is 0 Å². The van der Waals surface area contributed by atoms with Crippen LogP contribution in [0.5, 0.6) is 5.88 Å². The molecule has 0 fully saturated rings. The molecule has 5 heteroatoms. The Bertz CT molecular complexity index is 363. The fourth-order valence-corrected chi connectivity index (χ4v) is 1.40. The van der Waals surface area contributed by atoms with E-state index in [2.05, 4.69) is 9.97 Å². The molecule has 0 aliphatic rings. The highest BCUT2D eigenvalue weighted by molar-refractivity contribution is 5.68. The normalized spacial score (nSPS) is 11.1. The average molecular weight is 210 g/mol. The van der Waals surface area contributed by atoms with Crippen molar-refractivity contribution in [3.05, 3.63) is 18.1 Å². The number of hydrogen-bond donors (Lipinski definition) is 1. The summed E-state index contributed by atoms with van der Waals surface area (Å²) >= 11 is 0. The van der Waals surface area contributed by atoms with Crippen LogP contribution in [0.1, 0.15) is 26.0 Å². The SMILES string of the molecule is COc1nccnc1C(C)(C)CC(=O)O. The van der Waals surface area contributed by atoms with Crippen molar-refractivity contribution in [1.82, 2.24) is 9.97 Å². The molecule has 0 spiro atoms. The number of carboxylic acid groups (broad SMARTS) is 1. The second-order valence-corrected chi connectivity index (χ2v) is 3.87. The lowest BCUT2D eigenvalue weighted by Gasteiger charge is -2.22. The third-order valence-electron chi connectivity index (χ3n) is 2.09. The standard InChI is InChI=1S/C10H14N2O3/c1-10(2,6-7(13)14)8-9(15-3)12-5-4-11-8/h4-5H,6H2,1-3H3,(H,13,14). The summed E-state index contributed by atoms with van der Waals surface area (Å²) in [5, 5.41) is 8.79. The Kier molecular flexibility index (Phi) is 3.24. The second-order valence-electron chi connectivity index (χ2n) is 3.87. The Morgan fingerprint density at radius 2 is 2.07 bits per heavy atom. The van der Waals surface area contributed by atoms with E-state index in [4.69, 9.17) is 9.84 Å². The molecule has 0 saturated carbocycles. The predicted octanol–water partition coefficient (Wildman–Crippen LogP) is 1.24. The van der Waals surface area contributed by atoms with E-state index in [0.717, 1.165) is 0 Å². The summed E-state index contributed by atoms with van der Waals surface area (Å²) in [4.78, 5) is 18.8. The van der Waals surface area contributed by atoms with Gasteiger partial charge in [0.1, 0.15) is 5.69 Å². The summed E-state index contributed by atoms with van der Waals surface area (Å²) in [5.41, 5.74) is -0.0271. The van der Waals surface area contributed by atoms with Gasteiger partial charge >= 0.3 is 5.97 Å². The molecular weight excluding hydrogens is 196 g/mol. The molecule has 0 aliphatic carbocycles. The van der Waals surface area contributed by atoms with E-state index in [1.807, 2.05) is 0 Å². The van der Waals surface area contributed by atoms with Gasteiger partial charge in [-0.2, -0.15) is 0 Å². The molecule has 0 amide bonds. The molecule has 1 aromatic rings. The van der Waals surface area contributed by atoms with Crippen molar-refractivity contribution >= 4 is 5.97 Å². The summed E-state index contributed by atoms with van der Waals surface area (Å²) < 4.78 is 5.05. The van der Waals surface area contributed by atoms with Gasteiger partial charge in [-0.15, -0.1) is 0 Å². The second kappa shape index (κ2) is 4.25. The van der Waals surface area contributed by atoms with Crippen molar-refractivity contribution < 1.29 is 14.6 Å². The fraction of sp³-hybridized carbons (Fsp3) is 0.500. The summed E-state index contributed by atoms with van der Waals surface area (Å²) in [6, 6.07) is 0. The smallest absolute Gasteiger partial charge is 0.304 e.